The summed E-state index contributed by atoms with van der Waals surface area (Å²) in [4.78, 5) is 15.9. The summed E-state index contributed by atoms with van der Waals surface area (Å²) < 4.78 is 30.6. The van der Waals surface area contributed by atoms with Gasteiger partial charge in [0.2, 0.25) is 15.9 Å². The predicted molar refractivity (Wildman–Crippen MR) is 101 cm³/mol. The molecule has 1 heterocycles. The van der Waals surface area contributed by atoms with Crippen molar-refractivity contribution in [3.05, 3.63) is 54.4 Å². The van der Waals surface area contributed by atoms with Crippen LogP contribution in [0.25, 0.3) is 0 Å². The quantitative estimate of drug-likeness (QED) is 0.722. The number of amides is 1. The molecule has 0 spiro atoms. The molecular formula is C18H23N3O4S. The maximum Gasteiger partial charge on any atom is 0.232 e. The number of benzene rings is 1. The van der Waals surface area contributed by atoms with Crippen LogP contribution in [-0.4, -0.2) is 39.2 Å². The normalized spacial score (nSPS) is 11.0. The average molecular weight is 377 g/mol. The number of nitrogens with one attached hydrogen (secondary N) is 1. The Labute approximate surface area is 154 Å². The number of sulfonamides is 1. The maximum atomic E-state index is 12.1. The molecule has 8 heteroatoms. The van der Waals surface area contributed by atoms with Crippen LogP contribution in [0, 0.1) is 0 Å². The number of rotatable bonds is 9. The van der Waals surface area contributed by atoms with Crippen LogP contribution in [0.4, 0.5) is 5.69 Å². The van der Waals surface area contributed by atoms with Crippen LogP contribution in [0.15, 0.2) is 48.8 Å². The largest absolute Gasteiger partial charge is 0.497 e. The van der Waals surface area contributed by atoms with E-state index >= 15 is 0 Å². The molecule has 1 N–H and O–H groups in total. The second-order valence-corrected chi connectivity index (χ2v) is 7.68. The van der Waals surface area contributed by atoms with E-state index in [1.807, 2.05) is 12.1 Å². The van der Waals surface area contributed by atoms with Gasteiger partial charge in [0.25, 0.3) is 0 Å². The van der Waals surface area contributed by atoms with Crippen molar-refractivity contribution in [3.63, 3.8) is 0 Å². The van der Waals surface area contributed by atoms with Crippen LogP contribution < -0.4 is 14.4 Å². The standard InChI is InChI=1S/C18H23N3O4S/c1-25-17-6-3-5-16(13-17)21(26(2,23)24)12-4-7-18(22)20-14-15-8-10-19-11-9-15/h3,5-6,8-11,13H,4,7,12,14H2,1-2H3,(H,20,22). The summed E-state index contributed by atoms with van der Waals surface area (Å²) in [5.74, 6) is 0.451. The molecule has 140 valence electrons. The van der Waals surface area contributed by atoms with E-state index in [0.29, 0.717) is 24.4 Å². The predicted octanol–water partition coefficient (Wildman–Crippen LogP) is 1.95. The summed E-state index contributed by atoms with van der Waals surface area (Å²) in [6, 6.07) is 10.5. The lowest BCUT2D eigenvalue weighted by molar-refractivity contribution is -0.121. The minimum Gasteiger partial charge on any atom is -0.497 e. The molecule has 0 saturated carbocycles. The minimum atomic E-state index is -3.46. The van der Waals surface area contributed by atoms with E-state index in [0.717, 1.165) is 11.8 Å². The number of carbonyl (C=O) groups is 1. The Morgan fingerprint density at radius 2 is 1.96 bits per heavy atom. The number of ether oxygens (including phenoxy) is 1. The van der Waals surface area contributed by atoms with Gasteiger partial charge < -0.3 is 10.1 Å². The zero-order chi connectivity index (χ0) is 19.0. The van der Waals surface area contributed by atoms with Gasteiger partial charge in [-0.15, -0.1) is 0 Å². The van der Waals surface area contributed by atoms with Gasteiger partial charge in [-0.2, -0.15) is 0 Å². The van der Waals surface area contributed by atoms with Crippen molar-refractivity contribution in [2.24, 2.45) is 0 Å². The Morgan fingerprint density at radius 3 is 2.62 bits per heavy atom. The SMILES string of the molecule is COc1cccc(N(CCCC(=O)NCc2ccncc2)S(C)(=O)=O)c1. The number of hydrogen-bond donors (Lipinski definition) is 1. The Morgan fingerprint density at radius 1 is 1.23 bits per heavy atom. The molecule has 0 bridgehead atoms. The highest BCUT2D eigenvalue weighted by atomic mass is 32.2. The van der Waals surface area contributed by atoms with Crippen molar-refractivity contribution in [1.82, 2.24) is 10.3 Å². The number of carbonyl (C=O) groups excluding carboxylic acids is 1. The van der Waals surface area contributed by atoms with Gasteiger partial charge in [0.1, 0.15) is 5.75 Å². The minimum absolute atomic E-state index is 0.124. The van der Waals surface area contributed by atoms with Crippen molar-refractivity contribution in [1.29, 1.82) is 0 Å². The van der Waals surface area contributed by atoms with E-state index < -0.39 is 10.0 Å². The molecule has 1 amide bonds. The van der Waals surface area contributed by atoms with E-state index in [1.54, 1.807) is 36.7 Å². The molecule has 0 unspecified atom stereocenters. The van der Waals surface area contributed by atoms with Crippen molar-refractivity contribution < 1.29 is 17.9 Å². The molecule has 0 aliphatic heterocycles. The number of pyridine rings is 1. The molecule has 0 atom stereocenters. The maximum absolute atomic E-state index is 12.1. The number of aromatic nitrogens is 1. The van der Waals surface area contributed by atoms with Crippen LogP contribution in [-0.2, 0) is 21.4 Å². The van der Waals surface area contributed by atoms with Gasteiger partial charge in [0, 0.05) is 38.0 Å². The Bertz CT molecular complexity index is 825. The molecule has 0 aliphatic carbocycles. The third kappa shape index (κ3) is 6.03. The fourth-order valence-electron chi connectivity index (χ4n) is 2.42. The number of hydrogen-bond acceptors (Lipinski definition) is 5. The van der Waals surface area contributed by atoms with Crippen LogP contribution >= 0.6 is 0 Å². The molecule has 0 saturated heterocycles. The molecule has 2 rings (SSSR count). The van der Waals surface area contributed by atoms with Gasteiger partial charge in [-0.05, 0) is 36.2 Å². The van der Waals surface area contributed by atoms with E-state index in [2.05, 4.69) is 10.3 Å². The highest BCUT2D eigenvalue weighted by Crippen LogP contribution is 2.23. The second-order valence-electron chi connectivity index (χ2n) is 5.77. The lowest BCUT2D eigenvalue weighted by Gasteiger charge is -2.22. The highest BCUT2D eigenvalue weighted by Gasteiger charge is 2.18. The zero-order valence-electron chi connectivity index (χ0n) is 14.9. The van der Waals surface area contributed by atoms with Gasteiger partial charge in [-0.25, -0.2) is 8.42 Å². The number of methoxy groups -OCH3 is 1. The van der Waals surface area contributed by atoms with Gasteiger partial charge in [0.05, 0.1) is 19.1 Å². The molecule has 2 aromatic rings. The molecule has 7 nitrogen and oxygen atoms in total. The summed E-state index contributed by atoms with van der Waals surface area (Å²) in [7, 11) is -1.93. The van der Waals surface area contributed by atoms with Crippen LogP contribution in [0.3, 0.4) is 0 Å². The van der Waals surface area contributed by atoms with Gasteiger partial charge in [0.15, 0.2) is 0 Å². The smallest absolute Gasteiger partial charge is 0.232 e. The third-order valence-corrected chi connectivity index (χ3v) is 4.94. The van der Waals surface area contributed by atoms with Crippen molar-refractivity contribution >= 4 is 21.6 Å². The summed E-state index contributed by atoms with van der Waals surface area (Å²) in [6.45, 7) is 0.641. The van der Waals surface area contributed by atoms with E-state index in [1.165, 1.54) is 11.4 Å². The third-order valence-electron chi connectivity index (χ3n) is 3.75. The number of anilines is 1. The molecule has 26 heavy (non-hydrogen) atoms. The topological polar surface area (TPSA) is 88.6 Å². The summed E-state index contributed by atoms with van der Waals surface area (Å²) >= 11 is 0. The summed E-state index contributed by atoms with van der Waals surface area (Å²) in [5, 5.41) is 2.81. The molecule has 0 aliphatic rings. The second kappa shape index (κ2) is 9.19. The fraction of sp³-hybridized carbons (Fsp3) is 0.333. The zero-order valence-corrected chi connectivity index (χ0v) is 15.7. The fourth-order valence-corrected chi connectivity index (χ4v) is 3.38. The van der Waals surface area contributed by atoms with Crippen LogP contribution in [0.5, 0.6) is 5.75 Å². The van der Waals surface area contributed by atoms with Gasteiger partial charge in [-0.3, -0.25) is 14.1 Å². The van der Waals surface area contributed by atoms with Gasteiger partial charge in [-0.1, -0.05) is 6.07 Å². The van der Waals surface area contributed by atoms with E-state index in [-0.39, 0.29) is 18.9 Å². The summed E-state index contributed by atoms with van der Waals surface area (Å²) in [5.41, 5.74) is 1.48. The molecule has 0 fully saturated rings. The average Bonchev–Trinajstić information content (AvgIpc) is 2.63. The first-order valence-electron chi connectivity index (χ1n) is 8.17. The lowest BCUT2D eigenvalue weighted by atomic mass is 10.2. The van der Waals surface area contributed by atoms with E-state index in [4.69, 9.17) is 4.74 Å². The first-order chi connectivity index (χ1) is 12.4. The van der Waals surface area contributed by atoms with Crippen molar-refractivity contribution in [2.75, 3.05) is 24.2 Å². The summed E-state index contributed by atoms with van der Waals surface area (Å²) in [6.07, 6.45) is 5.13. The Balaban J connectivity index is 1.90. The van der Waals surface area contributed by atoms with Crippen molar-refractivity contribution in [2.45, 2.75) is 19.4 Å². The lowest BCUT2D eigenvalue weighted by Crippen LogP contribution is -2.32. The first-order valence-corrected chi connectivity index (χ1v) is 10.0. The number of nitrogens with zero attached hydrogens (tertiary/aromatic N) is 2. The first kappa shape index (κ1) is 19.7. The van der Waals surface area contributed by atoms with Gasteiger partial charge >= 0.3 is 0 Å². The molecule has 1 aromatic heterocycles. The Hall–Kier alpha value is -2.61. The van der Waals surface area contributed by atoms with E-state index in [9.17, 15) is 13.2 Å². The van der Waals surface area contributed by atoms with Crippen LogP contribution in [0.1, 0.15) is 18.4 Å². The molecule has 1 aromatic carbocycles. The molecule has 0 radical (unpaired) electrons. The van der Waals surface area contributed by atoms with Crippen molar-refractivity contribution in [3.8, 4) is 5.75 Å². The molecular weight excluding hydrogens is 354 g/mol. The monoisotopic (exact) mass is 377 g/mol. The van der Waals surface area contributed by atoms with Crippen LogP contribution in [0.2, 0.25) is 0 Å². The highest BCUT2D eigenvalue weighted by molar-refractivity contribution is 7.92. The Kier molecular flexibility index (Phi) is 6.97.